The van der Waals surface area contributed by atoms with Crippen LogP contribution in [0.15, 0.2) is 48.1 Å². The predicted octanol–water partition coefficient (Wildman–Crippen LogP) is 4.78. The number of ether oxygens (including phenoxy) is 2. The Hall–Kier alpha value is -2.43. The lowest BCUT2D eigenvalue weighted by atomic mass is 9.91. The first kappa shape index (κ1) is 23.6. The lowest BCUT2D eigenvalue weighted by Crippen LogP contribution is -2.33. The third-order valence-electron chi connectivity index (χ3n) is 4.49. The van der Waals surface area contributed by atoms with Gasteiger partial charge in [0, 0.05) is 25.3 Å². The van der Waals surface area contributed by atoms with E-state index in [1.807, 2.05) is 12.2 Å². The molecule has 5 heteroatoms. The minimum absolute atomic E-state index is 0.153. The first-order chi connectivity index (χ1) is 13.4. The molecular weight excluding hydrogens is 356 g/mol. The maximum absolute atomic E-state index is 12.3. The summed E-state index contributed by atoms with van der Waals surface area (Å²) in [5.41, 5.74) is -0.592. The summed E-state index contributed by atoms with van der Waals surface area (Å²) < 4.78 is 10.2. The Morgan fingerprint density at radius 1 is 1.11 bits per heavy atom. The van der Waals surface area contributed by atoms with Gasteiger partial charge in [-0.05, 0) is 37.8 Å². The molecule has 0 aromatic heterocycles. The van der Waals surface area contributed by atoms with E-state index in [1.165, 1.54) is 33.0 Å². The van der Waals surface area contributed by atoms with E-state index in [4.69, 9.17) is 4.74 Å². The van der Waals surface area contributed by atoms with Crippen molar-refractivity contribution in [2.24, 2.45) is 0 Å². The van der Waals surface area contributed by atoms with Crippen molar-refractivity contribution in [1.82, 2.24) is 0 Å². The van der Waals surface area contributed by atoms with Gasteiger partial charge in [0.15, 0.2) is 11.4 Å². The fourth-order valence-corrected chi connectivity index (χ4v) is 3.00. The number of allylic oxidation sites excluding steroid dienone is 5. The summed E-state index contributed by atoms with van der Waals surface area (Å²) in [6.07, 6.45) is 19.2. The Morgan fingerprint density at radius 2 is 1.86 bits per heavy atom. The SMILES string of the molecule is CCCCC/C=C\C[C@]1(OC(C)=O)C=CC(=O)C1=C/C=C\CCCC(=O)OC. The molecule has 0 aromatic rings. The molecule has 154 valence electrons. The zero-order chi connectivity index (χ0) is 20.8. The topological polar surface area (TPSA) is 69.7 Å². The third-order valence-corrected chi connectivity index (χ3v) is 4.49. The van der Waals surface area contributed by atoms with E-state index in [0.717, 1.165) is 12.8 Å². The number of carbonyl (C=O) groups is 3. The molecule has 0 heterocycles. The molecule has 1 aliphatic carbocycles. The number of hydrogen-bond donors (Lipinski definition) is 0. The summed E-state index contributed by atoms with van der Waals surface area (Å²) in [7, 11) is 1.37. The van der Waals surface area contributed by atoms with Crippen LogP contribution in [0.5, 0.6) is 0 Å². The van der Waals surface area contributed by atoms with Gasteiger partial charge in [-0.1, -0.05) is 50.1 Å². The van der Waals surface area contributed by atoms with E-state index in [1.54, 1.807) is 18.2 Å². The molecule has 0 unspecified atom stereocenters. The molecular formula is C23H32O5. The smallest absolute Gasteiger partial charge is 0.305 e. The van der Waals surface area contributed by atoms with Crippen molar-refractivity contribution >= 4 is 17.7 Å². The molecule has 0 aliphatic heterocycles. The van der Waals surface area contributed by atoms with E-state index < -0.39 is 11.6 Å². The summed E-state index contributed by atoms with van der Waals surface area (Å²) in [6, 6.07) is 0. The lowest BCUT2D eigenvalue weighted by Gasteiger charge is -2.27. The van der Waals surface area contributed by atoms with Crippen molar-refractivity contribution in [3.8, 4) is 0 Å². The highest BCUT2D eigenvalue weighted by atomic mass is 16.6. The fourth-order valence-electron chi connectivity index (χ4n) is 3.00. The van der Waals surface area contributed by atoms with E-state index >= 15 is 0 Å². The van der Waals surface area contributed by atoms with Crippen LogP contribution in [-0.2, 0) is 23.9 Å². The minimum atomic E-state index is -1.04. The number of rotatable bonds is 12. The van der Waals surface area contributed by atoms with Gasteiger partial charge in [-0.2, -0.15) is 0 Å². The zero-order valence-corrected chi connectivity index (χ0v) is 17.2. The second-order valence-electron chi connectivity index (χ2n) is 6.83. The van der Waals surface area contributed by atoms with E-state index in [0.29, 0.717) is 31.3 Å². The van der Waals surface area contributed by atoms with Crippen LogP contribution >= 0.6 is 0 Å². The molecule has 0 fully saturated rings. The van der Waals surface area contributed by atoms with Gasteiger partial charge in [0.2, 0.25) is 0 Å². The maximum atomic E-state index is 12.3. The Kier molecular flexibility index (Phi) is 10.8. The molecule has 28 heavy (non-hydrogen) atoms. The van der Waals surface area contributed by atoms with Crippen LogP contribution in [0.1, 0.15) is 65.2 Å². The lowest BCUT2D eigenvalue weighted by molar-refractivity contribution is -0.149. The van der Waals surface area contributed by atoms with Crippen molar-refractivity contribution in [3.05, 3.63) is 48.1 Å². The first-order valence-corrected chi connectivity index (χ1v) is 9.97. The highest BCUT2D eigenvalue weighted by Gasteiger charge is 2.41. The number of esters is 2. The zero-order valence-electron chi connectivity index (χ0n) is 17.2. The quantitative estimate of drug-likeness (QED) is 0.208. The fraction of sp³-hybridized carbons (Fsp3) is 0.522. The van der Waals surface area contributed by atoms with Crippen LogP contribution in [0.3, 0.4) is 0 Å². The molecule has 0 spiro atoms. The Morgan fingerprint density at radius 3 is 2.54 bits per heavy atom. The van der Waals surface area contributed by atoms with Gasteiger partial charge in [0.05, 0.1) is 7.11 Å². The van der Waals surface area contributed by atoms with Gasteiger partial charge in [-0.15, -0.1) is 0 Å². The van der Waals surface area contributed by atoms with Crippen molar-refractivity contribution in [2.75, 3.05) is 7.11 Å². The molecule has 5 nitrogen and oxygen atoms in total. The van der Waals surface area contributed by atoms with Crippen LogP contribution < -0.4 is 0 Å². The van der Waals surface area contributed by atoms with Gasteiger partial charge in [0.1, 0.15) is 0 Å². The van der Waals surface area contributed by atoms with Crippen LogP contribution in [0, 0.1) is 0 Å². The molecule has 1 atom stereocenters. The normalized spacial score (nSPS) is 20.5. The van der Waals surface area contributed by atoms with Crippen molar-refractivity contribution in [3.63, 3.8) is 0 Å². The highest BCUT2D eigenvalue weighted by Crippen LogP contribution is 2.34. The van der Waals surface area contributed by atoms with Crippen molar-refractivity contribution < 1.29 is 23.9 Å². The molecule has 0 aromatic carbocycles. The average Bonchev–Trinajstić information content (AvgIpc) is 2.96. The van der Waals surface area contributed by atoms with Gasteiger partial charge < -0.3 is 9.47 Å². The first-order valence-electron chi connectivity index (χ1n) is 9.97. The summed E-state index contributed by atoms with van der Waals surface area (Å²) >= 11 is 0. The van der Waals surface area contributed by atoms with Crippen LogP contribution in [-0.4, -0.2) is 30.4 Å². The van der Waals surface area contributed by atoms with Crippen LogP contribution in [0.4, 0.5) is 0 Å². The predicted molar refractivity (Wildman–Crippen MR) is 110 cm³/mol. The molecule has 1 aliphatic rings. The minimum Gasteiger partial charge on any atom is -0.469 e. The summed E-state index contributed by atoms with van der Waals surface area (Å²) in [5, 5.41) is 0. The molecule has 1 rings (SSSR count). The third kappa shape index (κ3) is 8.07. The van der Waals surface area contributed by atoms with Gasteiger partial charge in [-0.25, -0.2) is 0 Å². The summed E-state index contributed by atoms with van der Waals surface area (Å²) in [6.45, 7) is 3.51. The molecule has 0 radical (unpaired) electrons. The van der Waals surface area contributed by atoms with Crippen molar-refractivity contribution in [1.29, 1.82) is 0 Å². The number of unbranched alkanes of at least 4 members (excludes halogenated alkanes) is 4. The molecule has 0 bridgehead atoms. The summed E-state index contributed by atoms with van der Waals surface area (Å²) in [4.78, 5) is 35.1. The Balaban J connectivity index is 2.79. The molecule has 0 N–H and O–H groups in total. The van der Waals surface area contributed by atoms with Crippen LogP contribution in [0.25, 0.3) is 0 Å². The number of carbonyl (C=O) groups excluding carboxylic acids is 3. The second kappa shape index (κ2) is 12.9. The van der Waals surface area contributed by atoms with Gasteiger partial charge in [-0.3, -0.25) is 14.4 Å². The van der Waals surface area contributed by atoms with Crippen LogP contribution in [0.2, 0.25) is 0 Å². The van der Waals surface area contributed by atoms with E-state index in [9.17, 15) is 14.4 Å². The highest BCUT2D eigenvalue weighted by molar-refractivity contribution is 6.09. The largest absolute Gasteiger partial charge is 0.469 e. The number of ketones is 1. The molecule has 0 saturated carbocycles. The van der Waals surface area contributed by atoms with Gasteiger partial charge >= 0.3 is 11.9 Å². The standard InChI is InChI=1S/C23H32O5/c1-4-5-6-7-10-13-17-23(28-19(2)24)18-16-21(25)20(23)14-11-8-9-12-15-22(26)27-3/h8,10-11,13-14,16,18H,4-7,9,12,15,17H2,1-3H3/b11-8-,13-10-,20-14?/t23-/m0/s1. The second-order valence-corrected chi connectivity index (χ2v) is 6.83. The Bertz CT molecular complexity index is 654. The van der Waals surface area contributed by atoms with Crippen molar-refractivity contribution in [2.45, 2.75) is 70.8 Å². The average molecular weight is 389 g/mol. The van der Waals surface area contributed by atoms with E-state index in [2.05, 4.69) is 17.7 Å². The van der Waals surface area contributed by atoms with Gasteiger partial charge in [0.25, 0.3) is 0 Å². The summed E-state index contributed by atoms with van der Waals surface area (Å²) in [5.74, 6) is -0.812. The number of hydrogen-bond acceptors (Lipinski definition) is 5. The Labute approximate surface area is 168 Å². The maximum Gasteiger partial charge on any atom is 0.305 e. The molecule has 0 saturated heterocycles. The molecule has 0 amide bonds. The number of methoxy groups -OCH3 is 1. The van der Waals surface area contributed by atoms with E-state index in [-0.39, 0.29) is 11.8 Å². The monoisotopic (exact) mass is 388 g/mol.